The van der Waals surface area contributed by atoms with E-state index in [0.717, 1.165) is 4.70 Å². The van der Waals surface area contributed by atoms with Crippen LogP contribution in [-0.2, 0) is 0 Å². The molecule has 2 rings (SSSR count). The number of nitrogens with zero attached hydrogens (tertiary/aromatic N) is 2. The summed E-state index contributed by atoms with van der Waals surface area (Å²) in [5, 5.41) is 14.0. The van der Waals surface area contributed by atoms with Crippen molar-refractivity contribution < 1.29 is 4.92 Å². The van der Waals surface area contributed by atoms with Crippen LogP contribution in [0.5, 0.6) is 0 Å². The van der Waals surface area contributed by atoms with Gasteiger partial charge in [-0.25, -0.2) is 4.98 Å². The maximum atomic E-state index is 11.1. The first-order valence-corrected chi connectivity index (χ1v) is 5.76. The molecule has 6 heteroatoms. The van der Waals surface area contributed by atoms with E-state index in [2.05, 4.69) is 22.1 Å². The van der Waals surface area contributed by atoms with E-state index < -0.39 is 4.92 Å². The third kappa shape index (κ3) is 2.19. The lowest BCUT2D eigenvalue weighted by atomic mass is 10.2. The molecular formula is C11H9N3O2S. The monoisotopic (exact) mass is 247 g/mol. The Bertz CT molecular complexity index is 624. The van der Waals surface area contributed by atoms with Crippen LogP contribution in [0.1, 0.15) is 6.92 Å². The first kappa shape index (κ1) is 11.4. The van der Waals surface area contributed by atoms with Crippen molar-refractivity contribution in [3.63, 3.8) is 0 Å². The summed E-state index contributed by atoms with van der Waals surface area (Å²) in [7, 11) is 0. The Morgan fingerprint density at radius 1 is 1.59 bits per heavy atom. The minimum absolute atomic E-state index is 0.0154. The van der Waals surface area contributed by atoms with Gasteiger partial charge in [0.25, 0.3) is 0 Å². The van der Waals surface area contributed by atoms with Gasteiger partial charge < -0.3 is 5.32 Å². The van der Waals surface area contributed by atoms with Gasteiger partial charge in [0, 0.05) is 0 Å². The molecule has 0 saturated carbocycles. The molecule has 1 aromatic carbocycles. The number of benzene rings is 1. The molecule has 0 saturated heterocycles. The third-order valence-corrected chi connectivity index (χ3v) is 3.00. The fourth-order valence-electron chi connectivity index (χ4n) is 1.47. The number of rotatable bonds is 3. The van der Waals surface area contributed by atoms with Gasteiger partial charge in [0.1, 0.15) is 5.69 Å². The predicted molar refractivity (Wildman–Crippen MR) is 68.2 cm³/mol. The van der Waals surface area contributed by atoms with Crippen molar-refractivity contribution in [1.82, 2.24) is 4.98 Å². The van der Waals surface area contributed by atoms with Crippen LogP contribution in [0.2, 0.25) is 0 Å². The highest BCUT2D eigenvalue weighted by atomic mass is 32.1. The van der Waals surface area contributed by atoms with Crippen LogP contribution in [0, 0.1) is 22.0 Å². The first-order chi connectivity index (χ1) is 8.24. The maximum absolute atomic E-state index is 11.1. The summed E-state index contributed by atoms with van der Waals surface area (Å²) in [6, 6.07) is 3.51. The molecule has 0 radical (unpaired) electrons. The summed E-state index contributed by atoms with van der Waals surface area (Å²) in [4.78, 5) is 14.7. The van der Waals surface area contributed by atoms with Gasteiger partial charge in [-0.2, -0.15) is 0 Å². The number of nitrogens with one attached hydrogen (secondary N) is 1. The standard InChI is InChI=1S/C11H9N3O2S/c1-2-3-6-12-8-4-5-9-10(13-7-17-9)11(8)14(15)16/h4-5,7,12H,6H2,1H3. The summed E-state index contributed by atoms with van der Waals surface area (Å²) in [6.45, 7) is 2.10. The van der Waals surface area contributed by atoms with Gasteiger partial charge in [-0.3, -0.25) is 10.1 Å². The molecule has 1 heterocycles. The number of nitro groups is 1. The number of fused-ring (bicyclic) bond motifs is 1. The van der Waals surface area contributed by atoms with Crippen molar-refractivity contribution in [1.29, 1.82) is 0 Å². The molecular weight excluding hydrogens is 238 g/mol. The summed E-state index contributed by atoms with van der Waals surface area (Å²) < 4.78 is 0.809. The molecule has 1 N–H and O–H groups in total. The fraction of sp³-hybridized carbons (Fsp3) is 0.182. The zero-order valence-corrected chi connectivity index (χ0v) is 9.87. The van der Waals surface area contributed by atoms with E-state index in [1.54, 1.807) is 18.5 Å². The Kier molecular flexibility index (Phi) is 3.21. The van der Waals surface area contributed by atoms with E-state index in [1.165, 1.54) is 11.3 Å². The highest BCUT2D eigenvalue weighted by Crippen LogP contribution is 2.34. The number of hydrogen-bond donors (Lipinski definition) is 1. The lowest BCUT2D eigenvalue weighted by Gasteiger charge is -2.03. The normalized spacial score (nSPS) is 9.71. The van der Waals surface area contributed by atoms with E-state index in [9.17, 15) is 10.1 Å². The molecule has 0 aliphatic carbocycles. The van der Waals surface area contributed by atoms with Crippen molar-refractivity contribution in [2.75, 3.05) is 11.9 Å². The third-order valence-electron chi connectivity index (χ3n) is 2.20. The van der Waals surface area contributed by atoms with Crippen LogP contribution in [0.25, 0.3) is 10.2 Å². The van der Waals surface area contributed by atoms with E-state index >= 15 is 0 Å². The van der Waals surface area contributed by atoms with Crippen LogP contribution < -0.4 is 5.32 Å². The number of thiazole rings is 1. The first-order valence-electron chi connectivity index (χ1n) is 4.88. The van der Waals surface area contributed by atoms with E-state index in [4.69, 9.17) is 0 Å². The molecule has 0 fully saturated rings. The van der Waals surface area contributed by atoms with Crippen LogP contribution in [0.3, 0.4) is 0 Å². The minimum Gasteiger partial charge on any atom is -0.369 e. The van der Waals surface area contributed by atoms with E-state index in [1.807, 2.05) is 6.07 Å². The zero-order chi connectivity index (χ0) is 12.3. The number of hydrogen-bond acceptors (Lipinski definition) is 5. The van der Waals surface area contributed by atoms with Crippen LogP contribution in [-0.4, -0.2) is 16.5 Å². The van der Waals surface area contributed by atoms with Crippen molar-refractivity contribution in [3.05, 3.63) is 27.8 Å². The molecule has 0 aliphatic heterocycles. The molecule has 0 spiro atoms. The minimum atomic E-state index is -0.413. The van der Waals surface area contributed by atoms with Crippen LogP contribution in [0.15, 0.2) is 17.6 Å². The van der Waals surface area contributed by atoms with Gasteiger partial charge >= 0.3 is 5.69 Å². The highest BCUT2D eigenvalue weighted by Gasteiger charge is 2.19. The predicted octanol–water partition coefficient (Wildman–Crippen LogP) is 2.64. The highest BCUT2D eigenvalue weighted by molar-refractivity contribution is 7.16. The molecule has 0 amide bonds. The maximum Gasteiger partial charge on any atom is 0.319 e. The molecule has 0 atom stereocenters. The smallest absolute Gasteiger partial charge is 0.319 e. The van der Waals surface area contributed by atoms with Crippen LogP contribution >= 0.6 is 11.3 Å². The average molecular weight is 247 g/mol. The van der Waals surface area contributed by atoms with Crippen molar-refractivity contribution in [2.24, 2.45) is 0 Å². The summed E-state index contributed by atoms with van der Waals surface area (Å²) >= 11 is 1.38. The Labute approximate surface area is 102 Å². The van der Waals surface area contributed by atoms with Gasteiger partial charge in [-0.15, -0.1) is 17.3 Å². The SMILES string of the molecule is CC#CCNc1ccc2scnc2c1[N+](=O)[O-]. The van der Waals surface area contributed by atoms with Gasteiger partial charge in [-0.1, -0.05) is 5.92 Å². The van der Waals surface area contributed by atoms with E-state index in [0.29, 0.717) is 17.7 Å². The summed E-state index contributed by atoms with van der Waals surface area (Å²) in [5.41, 5.74) is 2.50. The Hall–Kier alpha value is -2.13. The topological polar surface area (TPSA) is 68.1 Å². The van der Waals surface area contributed by atoms with Crippen LogP contribution in [0.4, 0.5) is 11.4 Å². The molecule has 17 heavy (non-hydrogen) atoms. The lowest BCUT2D eigenvalue weighted by Crippen LogP contribution is -2.02. The van der Waals surface area contributed by atoms with Gasteiger partial charge in [0.05, 0.1) is 21.7 Å². The van der Waals surface area contributed by atoms with Gasteiger partial charge in [-0.05, 0) is 19.1 Å². The second-order valence-electron chi connectivity index (χ2n) is 3.20. The molecule has 0 aliphatic rings. The molecule has 5 nitrogen and oxygen atoms in total. The molecule has 86 valence electrons. The fourth-order valence-corrected chi connectivity index (χ4v) is 2.15. The number of nitro benzene ring substituents is 1. The zero-order valence-electron chi connectivity index (χ0n) is 9.06. The Morgan fingerprint density at radius 3 is 3.12 bits per heavy atom. The Morgan fingerprint density at radius 2 is 2.41 bits per heavy atom. The van der Waals surface area contributed by atoms with Gasteiger partial charge in [0.2, 0.25) is 0 Å². The van der Waals surface area contributed by atoms with Crippen molar-refractivity contribution in [2.45, 2.75) is 6.92 Å². The number of aromatic nitrogens is 1. The molecule has 2 aromatic rings. The van der Waals surface area contributed by atoms with E-state index in [-0.39, 0.29) is 5.69 Å². The second kappa shape index (κ2) is 4.80. The largest absolute Gasteiger partial charge is 0.369 e. The lowest BCUT2D eigenvalue weighted by molar-refractivity contribution is -0.382. The molecule has 0 bridgehead atoms. The molecule has 1 aromatic heterocycles. The van der Waals surface area contributed by atoms with Gasteiger partial charge in [0.15, 0.2) is 5.52 Å². The second-order valence-corrected chi connectivity index (χ2v) is 4.08. The average Bonchev–Trinajstić information content (AvgIpc) is 2.76. The Balaban J connectivity index is 2.49. The quantitative estimate of drug-likeness (QED) is 0.514. The summed E-state index contributed by atoms with van der Waals surface area (Å²) in [6.07, 6.45) is 0. The molecule has 0 unspecified atom stereocenters. The van der Waals surface area contributed by atoms with Crippen molar-refractivity contribution >= 4 is 32.9 Å². The number of anilines is 1. The van der Waals surface area contributed by atoms with Crippen molar-refractivity contribution in [3.8, 4) is 11.8 Å². The summed E-state index contributed by atoms with van der Waals surface area (Å²) in [5.74, 6) is 5.53.